The van der Waals surface area contributed by atoms with Crippen LogP contribution in [0.3, 0.4) is 0 Å². The third-order valence-corrected chi connectivity index (χ3v) is 7.89. The molecule has 2 heterocycles. The fourth-order valence-electron chi connectivity index (χ4n) is 6.05. The molecule has 0 saturated carbocycles. The molecule has 2 aromatic heterocycles. The molecule has 40 heavy (non-hydrogen) atoms. The number of benzene rings is 6. The van der Waals surface area contributed by atoms with Gasteiger partial charge in [-0.3, -0.25) is 4.98 Å². The standard InChI is InChI=1S/C38H24N2/c1-3-14-31-29(12-1)30-13-2-4-15-32(30)37-36(31)33-16-5-6-18-35(33)40-38(37)28-11-9-10-27(24-28)25-19-21-26(22-20-25)34-17-7-8-23-39-34/h1-24H. The highest BCUT2D eigenvalue weighted by Crippen LogP contribution is 2.43. The second-order valence-corrected chi connectivity index (χ2v) is 10.2. The minimum atomic E-state index is 0.980. The van der Waals surface area contributed by atoms with Gasteiger partial charge in [0.2, 0.25) is 0 Å². The van der Waals surface area contributed by atoms with Gasteiger partial charge in [0.15, 0.2) is 0 Å². The fourth-order valence-corrected chi connectivity index (χ4v) is 6.05. The van der Waals surface area contributed by atoms with Gasteiger partial charge in [0.25, 0.3) is 0 Å². The molecule has 0 unspecified atom stereocenters. The molecule has 8 aromatic rings. The molecule has 2 heteroatoms. The van der Waals surface area contributed by atoms with Gasteiger partial charge in [-0.25, -0.2) is 4.98 Å². The van der Waals surface area contributed by atoms with E-state index >= 15 is 0 Å². The molecule has 6 aromatic carbocycles. The van der Waals surface area contributed by atoms with Crippen molar-refractivity contribution in [3.8, 4) is 33.6 Å². The first-order valence-corrected chi connectivity index (χ1v) is 13.6. The molecular formula is C38H24N2. The van der Waals surface area contributed by atoms with E-state index in [0.29, 0.717) is 0 Å². The van der Waals surface area contributed by atoms with E-state index in [1.807, 2.05) is 24.4 Å². The van der Waals surface area contributed by atoms with E-state index in [-0.39, 0.29) is 0 Å². The van der Waals surface area contributed by atoms with Crippen molar-refractivity contribution in [3.05, 3.63) is 146 Å². The number of hydrogen-bond acceptors (Lipinski definition) is 2. The molecular weight excluding hydrogens is 484 g/mol. The molecule has 8 rings (SSSR count). The topological polar surface area (TPSA) is 25.8 Å². The maximum absolute atomic E-state index is 5.31. The maximum atomic E-state index is 5.31. The molecule has 0 aliphatic carbocycles. The van der Waals surface area contributed by atoms with Crippen LogP contribution in [0.25, 0.3) is 76.9 Å². The van der Waals surface area contributed by atoms with Gasteiger partial charge >= 0.3 is 0 Å². The summed E-state index contributed by atoms with van der Waals surface area (Å²) in [4.78, 5) is 9.81. The second-order valence-electron chi connectivity index (χ2n) is 10.2. The van der Waals surface area contributed by atoms with Gasteiger partial charge in [-0.1, -0.05) is 115 Å². The van der Waals surface area contributed by atoms with Gasteiger partial charge < -0.3 is 0 Å². The zero-order valence-electron chi connectivity index (χ0n) is 21.8. The van der Waals surface area contributed by atoms with Crippen molar-refractivity contribution >= 4 is 43.2 Å². The summed E-state index contributed by atoms with van der Waals surface area (Å²) in [5.74, 6) is 0. The zero-order chi connectivity index (χ0) is 26.5. The van der Waals surface area contributed by atoms with Gasteiger partial charge in [0, 0.05) is 33.5 Å². The molecule has 0 radical (unpaired) electrons. The van der Waals surface area contributed by atoms with Crippen molar-refractivity contribution < 1.29 is 0 Å². The molecule has 2 nitrogen and oxygen atoms in total. The van der Waals surface area contributed by atoms with Crippen LogP contribution < -0.4 is 0 Å². The van der Waals surface area contributed by atoms with E-state index in [4.69, 9.17) is 4.98 Å². The molecule has 0 spiro atoms. The van der Waals surface area contributed by atoms with E-state index < -0.39 is 0 Å². The zero-order valence-corrected chi connectivity index (χ0v) is 21.8. The van der Waals surface area contributed by atoms with E-state index in [1.54, 1.807) is 0 Å². The van der Waals surface area contributed by atoms with Crippen LogP contribution in [0.5, 0.6) is 0 Å². The Morgan fingerprint density at radius 1 is 0.375 bits per heavy atom. The lowest BCUT2D eigenvalue weighted by molar-refractivity contribution is 1.33. The number of hydrogen-bond donors (Lipinski definition) is 0. The summed E-state index contributed by atoms with van der Waals surface area (Å²) in [5, 5.41) is 8.67. The Hall–Kier alpha value is -5.34. The summed E-state index contributed by atoms with van der Waals surface area (Å²) >= 11 is 0. The predicted molar refractivity (Wildman–Crippen MR) is 168 cm³/mol. The Kier molecular flexibility index (Phi) is 5.17. The normalized spacial score (nSPS) is 11.5. The minimum absolute atomic E-state index is 0.980. The van der Waals surface area contributed by atoms with Gasteiger partial charge in [-0.2, -0.15) is 0 Å². The van der Waals surface area contributed by atoms with Crippen LogP contribution in [0.15, 0.2) is 146 Å². The molecule has 0 atom stereocenters. The molecule has 0 saturated heterocycles. The lowest BCUT2D eigenvalue weighted by Crippen LogP contribution is -1.93. The van der Waals surface area contributed by atoms with Crippen molar-refractivity contribution in [2.45, 2.75) is 0 Å². The van der Waals surface area contributed by atoms with Crippen molar-refractivity contribution in [1.29, 1.82) is 0 Å². The van der Waals surface area contributed by atoms with Crippen molar-refractivity contribution in [2.75, 3.05) is 0 Å². The first-order chi connectivity index (χ1) is 19.8. The number of aromatic nitrogens is 2. The van der Waals surface area contributed by atoms with E-state index in [9.17, 15) is 0 Å². The van der Waals surface area contributed by atoms with Crippen molar-refractivity contribution in [3.63, 3.8) is 0 Å². The third kappa shape index (κ3) is 3.58. The number of para-hydroxylation sites is 1. The van der Waals surface area contributed by atoms with Crippen LogP contribution in [0.4, 0.5) is 0 Å². The number of nitrogens with zero attached hydrogens (tertiary/aromatic N) is 2. The molecule has 0 aliphatic rings. The Labute approximate surface area is 232 Å². The van der Waals surface area contributed by atoms with Crippen LogP contribution in [-0.2, 0) is 0 Å². The monoisotopic (exact) mass is 508 g/mol. The largest absolute Gasteiger partial charge is 0.256 e. The van der Waals surface area contributed by atoms with Crippen LogP contribution >= 0.6 is 0 Å². The van der Waals surface area contributed by atoms with Gasteiger partial charge in [-0.15, -0.1) is 0 Å². The summed E-state index contributed by atoms with van der Waals surface area (Å²) in [6, 6.07) is 49.5. The lowest BCUT2D eigenvalue weighted by Gasteiger charge is -2.16. The summed E-state index contributed by atoms with van der Waals surface area (Å²) in [6.45, 7) is 0. The highest BCUT2D eigenvalue weighted by atomic mass is 14.7. The van der Waals surface area contributed by atoms with E-state index in [2.05, 4.69) is 126 Å². The number of fused-ring (bicyclic) bond motifs is 8. The number of rotatable bonds is 3. The summed E-state index contributed by atoms with van der Waals surface area (Å²) < 4.78 is 0. The molecule has 0 N–H and O–H groups in total. The van der Waals surface area contributed by atoms with Crippen LogP contribution in [0, 0.1) is 0 Å². The Morgan fingerprint density at radius 3 is 1.70 bits per heavy atom. The fraction of sp³-hybridized carbons (Fsp3) is 0. The smallest absolute Gasteiger partial charge is 0.0794 e. The Balaban J connectivity index is 1.39. The summed E-state index contributed by atoms with van der Waals surface area (Å²) in [7, 11) is 0. The third-order valence-electron chi connectivity index (χ3n) is 7.89. The highest BCUT2D eigenvalue weighted by Gasteiger charge is 2.17. The molecule has 186 valence electrons. The predicted octanol–water partition coefficient (Wildman–Crippen LogP) is 10.1. The first kappa shape index (κ1) is 22.6. The van der Waals surface area contributed by atoms with Crippen molar-refractivity contribution in [2.24, 2.45) is 0 Å². The van der Waals surface area contributed by atoms with E-state index in [0.717, 1.165) is 28.0 Å². The maximum Gasteiger partial charge on any atom is 0.0794 e. The molecule has 0 bridgehead atoms. The van der Waals surface area contributed by atoms with Crippen LogP contribution in [-0.4, -0.2) is 9.97 Å². The lowest BCUT2D eigenvalue weighted by atomic mass is 9.89. The van der Waals surface area contributed by atoms with E-state index in [1.165, 1.54) is 48.8 Å². The van der Waals surface area contributed by atoms with Crippen LogP contribution in [0.2, 0.25) is 0 Å². The van der Waals surface area contributed by atoms with Gasteiger partial charge in [0.1, 0.15) is 0 Å². The Bertz CT molecular complexity index is 2200. The molecule has 0 fully saturated rings. The SMILES string of the molecule is c1ccc(-c2ccc(-c3cccc(-c4nc5ccccc5c5c6ccccc6c6ccccc6c45)c3)cc2)nc1. The quantitative estimate of drug-likeness (QED) is 0.222. The molecule has 0 aliphatic heterocycles. The van der Waals surface area contributed by atoms with Gasteiger partial charge in [-0.05, 0) is 56.9 Å². The number of pyridine rings is 2. The van der Waals surface area contributed by atoms with Crippen LogP contribution in [0.1, 0.15) is 0 Å². The molecule has 0 amide bonds. The average molecular weight is 509 g/mol. The second kappa shape index (κ2) is 9.14. The minimum Gasteiger partial charge on any atom is -0.256 e. The summed E-state index contributed by atoms with van der Waals surface area (Å²) in [6.07, 6.45) is 1.83. The summed E-state index contributed by atoms with van der Waals surface area (Å²) in [5.41, 5.74) is 7.57. The Morgan fingerprint density at radius 2 is 0.975 bits per heavy atom. The van der Waals surface area contributed by atoms with Crippen molar-refractivity contribution in [1.82, 2.24) is 9.97 Å². The first-order valence-electron chi connectivity index (χ1n) is 13.6. The highest BCUT2D eigenvalue weighted by molar-refractivity contribution is 6.33. The van der Waals surface area contributed by atoms with Gasteiger partial charge in [0.05, 0.1) is 16.9 Å². The average Bonchev–Trinajstić information content (AvgIpc) is 3.05.